The van der Waals surface area contributed by atoms with Gasteiger partial charge in [0.25, 0.3) is 0 Å². The van der Waals surface area contributed by atoms with Crippen LogP contribution in [0.25, 0.3) is 0 Å². The summed E-state index contributed by atoms with van der Waals surface area (Å²) in [4.78, 5) is 26.2. The van der Waals surface area contributed by atoms with E-state index in [1.54, 1.807) is 40.5 Å². The third-order valence-electron chi connectivity index (χ3n) is 3.26. The van der Waals surface area contributed by atoms with Crippen LogP contribution in [0.4, 0.5) is 5.69 Å². The van der Waals surface area contributed by atoms with Gasteiger partial charge in [0.2, 0.25) is 11.8 Å². The highest BCUT2D eigenvalue weighted by Crippen LogP contribution is 2.15. The molecule has 1 aromatic carbocycles. The molecule has 2 rings (SSSR count). The largest absolute Gasteiger partial charge is 0.354 e. The van der Waals surface area contributed by atoms with E-state index in [-0.39, 0.29) is 11.8 Å². The summed E-state index contributed by atoms with van der Waals surface area (Å²) in [7, 11) is 0. The second-order valence-corrected chi connectivity index (χ2v) is 5.97. The van der Waals surface area contributed by atoms with Gasteiger partial charge in [0.1, 0.15) is 0 Å². The smallest absolute Gasteiger partial charge is 0.225 e. The summed E-state index contributed by atoms with van der Waals surface area (Å²) in [6.07, 6.45) is 0.356. The Morgan fingerprint density at radius 2 is 2.00 bits per heavy atom. The first kappa shape index (κ1) is 16.7. The van der Waals surface area contributed by atoms with Crippen LogP contribution in [0.1, 0.15) is 17.4 Å². The highest BCUT2D eigenvalue weighted by molar-refractivity contribution is 7.10. The van der Waals surface area contributed by atoms with Crippen LogP contribution < -0.4 is 10.2 Å². The number of carbonyl (C=O) groups excluding carboxylic acids is 2. The standard InChI is InChI=1S/C17H17N3O2S/c1-13(21)20(15-6-4-14(12-18)5-7-15)9-8-19-17(22)11-16-3-2-10-23-16/h2-7,10H,8-9,11H2,1H3,(H,19,22). The Hall–Kier alpha value is -2.65. The molecule has 0 atom stereocenters. The summed E-state index contributed by atoms with van der Waals surface area (Å²) in [5.74, 6) is -0.169. The number of anilines is 1. The molecule has 5 nitrogen and oxygen atoms in total. The minimum Gasteiger partial charge on any atom is -0.354 e. The minimum atomic E-state index is -0.109. The first-order chi connectivity index (χ1) is 11.1. The van der Waals surface area contributed by atoms with Crippen molar-refractivity contribution in [1.29, 1.82) is 5.26 Å². The third-order valence-corrected chi connectivity index (χ3v) is 4.14. The van der Waals surface area contributed by atoms with Crippen molar-refractivity contribution in [1.82, 2.24) is 5.32 Å². The van der Waals surface area contributed by atoms with Crippen LogP contribution in [0.15, 0.2) is 41.8 Å². The summed E-state index contributed by atoms with van der Waals surface area (Å²) in [6.45, 7) is 2.24. The monoisotopic (exact) mass is 327 g/mol. The van der Waals surface area contributed by atoms with Gasteiger partial charge < -0.3 is 10.2 Å². The predicted octanol–water partition coefficient (Wildman–Crippen LogP) is 2.33. The van der Waals surface area contributed by atoms with E-state index >= 15 is 0 Å². The first-order valence-corrected chi connectivity index (χ1v) is 8.05. The molecule has 0 bridgehead atoms. The highest BCUT2D eigenvalue weighted by Gasteiger charge is 2.12. The average Bonchev–Trinajstić information content (AvgIpc) is 3.04. The van der Waals surface area contributed by atoms with Gasteiger partial charge in [0, 0.05) is 30.6 Å². The number of nitriles is 1. The van der Waals surface area contributed by atoms with Gasteiger partial charge in [-0.25, -0.2) is 0 Å². The molecule has 0 saturated heterocycles. The van der Waals surface area contributed by atoms with Crippen LogP contribution in [0, 0.1) is 11.3 Å². The van der Waals surface area contributed by atoms with Gasteiger partial charge in [-0.3, -0.25) is 9.59 Å². The second kappa shape index (κ2) is 8.11. The fraction of sp³-hybridized carbons (Fsp3) is 0.235. The molecule has 1 heterocycles. The zero-order chi connectivity index (χ0) is 16.7. The summed E-state index contributed by atoms with van der Waals surface area (Å²) in [5.41, 5.74) is 1.26. The number of hydrogen-bond donors (Lipinski definition) is 1. The SMILES string of the molecule is CC(=O)N(CCNC(=O)Cc1cccs1)c1ccc(C#N)cc1. The molecule has 6 heteroatoms. The fourth-order valence-electron chi connectivity index (χ4n) is 2.13. The predicted molar refractivity (Wildman–Crippen MR) is 90.2 cm³/mol. The lowest BCUT2D eigenvalue weighted by Gasteiger charge is -2.21. The van der Waals surface area contributed by atoms with Gasteiger partial charge in [-0.05, 0) is 35.7 Å². The molecule has 0 fully saturated rings. The molecule has 0 saturated carbocycles. The summed E-state index contributed by atoms with van der Waals surface area (Å²) in [6, 6.07) is 12.7. The van der Waals surface area contributed by atoms with E-state index in [1.807, 2.05) is 23.6 Å². The maximum absolute atomic E-state index is 11.8. The quantitative estimate of drug-likeness (QED) is 0.885. The van der Waals surface area contributed by atoms with Crippen LogP contribution in [-0.2, 0) is 16.0 Å². The van der Waals surface area contributed by atoms with Crippen LogP contribution in [-0.4, -0.2) is 24.9 Å². The number of hydrogen-bond acceptors (Lipinski definition) is 4. The molecule has 0 unspecified atom stereocenters. The molecule has 118 valence electrons. The Morgan fingerprint density at radius 3 is 2.57 bits per heavy atom. The Bertz CT molecular complexity index is 702. The number of nitrogens with one attached hydrogen (secondary N) is 1. The Morgan fingerprint density at radius 1 is 1.26 bits per heavy atom. The molecule has 1 aromatic heterocycles. The van der Waals surface area contributed by atoms with E-state index < -0.39 is 0 Å². The topological polar surface area (TPSA) is 73.2 Å². The maximum Gasteiger partial charge on any atom is 0.225 e. The normalized spacial score (nSPS) is 9.91. The van der Waals surface area contributed by atoms with E-state index in [1.165, 1.54) is 6.92 Å². The summed E-state index contributed by atoms with van der Waals surface area (Å²) >= 11 is 1.54. The maximum atomic E-state index is 11.8. The molecule has 0 aliphatic rings. The van der Waals surface area contributed by atoms with Crippen molar-refractivity contribution in [3.63, 3.8) is 0 Å². The number of thiophene rings is 1. The van der Waals surface area contributed by atoms with Gasteiger partial charge in [0.15, 0.2) is 0 Å². The Balaban J connectivity index is 1.88. The van der Waals surface area contributed by atoms with Crippen molar-refractivity contribution < 1.29 is 9.59 Å². The second-order valence-electron chi connectivity index (χ2n) is 4.94. The zero-order valence-electron chi connectivity index (χ0n) is 12.8. The average molecular weight is 327 g/mol. The minimum absolute atomic E-state index is 0.0595. The molecule has 0 aliphatic heterocycles. The van der Waals surface area contributed by atoms with E-state index in [2.05, 4.69) is 5.32 Å². The third kappa shape index (κ3) is 4.94. The van der Waals surface area contributed by atoms with Crippen molar-refractivity contribution in [2.75, 3.05) is 18.0 Å². The molecule has 2 amide bonds. The lowest BCUT2D eigenvalue weighted by molar-refractivity contribution is -0.120. The van der Waals surface area contributed by atoms with Crippen molar-refractivity contribution in [3.05, 3.63) is 52.2 Å². The van der Waals surface area contributed by atoms with Crippen molar-refractivity contribution >= 4 is 28.8 Å². The van der Waals surface area contributed by atoms with Crippen LogP contribution >= 0.6 is 11.3 Å². The number of carbonyl (C=O) groups is 2. The van der Waals surface area contributed by atoms with Crippen LogP contribution in [0.5, 0.6) is 0 Å². The number of amides is 2. The summed E-state index contributed by atoms with van der Waals surface area (Å²) in [5, 5.41) is 13.6. The molecule has 23 heavy (non-hydrogen) atoms. The van der Waals surface area contributed by atoms with Crippen LogP contribution in [0.3, 0.4) is 0 Å². The molecular weight excluding hydrogens is 310 g/mol. The van der Waals surface area contributed by atoms with Crippen molar-refractivity contribution in [3.8, 4) is 6.07 Å². The molecule has 0 spiro atoms. The van der Waals surface area contributed by atoms with Gasteiger partial charge in [-0.2, -0.15) is 5.26 Å². The van der Waals surface area contributed by atoms with Gasteiger partial charge >= 0.3 is 0 Å². The molecule has 0 aliphatic carbocycles. The van der Waals surface area contributed by atoms with Gasteiger partial charge in [0.05, 0.1) is 18.1 Å². The van der Waals surface area contributed by atoms with E-state index in [4.69, 9.17) is 5.26 Å². The molecule has 1 N–H and O–H groups in total. The molecular formula is C17H17N3O2S. The Labute approximate surface area is 139 Å². The van der Waals surface area contributed by atoms with Gasteiger partial charge in [-0.15, -0.1) is 11.3 Å². The number of rotatable bonds is 6. The van der Waals surface area contributed by atoms with Crippen molar-refractivity contribution in [2.45, 2.75) is 13.3 Å². The lowest BCUT2D eigenvalue weighted by Crippen LogP contribution is -2.38. The van der Waals surface area contributed by atoms with Gasteiger partial charge in [-0.1, -0.05) is 6.07 Å². The first-order valence-electron chi connectivity index (χ1n) is 7.17. The van der Waals surface area contributed by atoms with E-state index in [0.29, 0.717) is 30.8 Å². The zero-order valence-corrected chi connectivity index (χ0v) is 13.6. The molecule has 2 aromatic rings. The highest BCUT2D eigenvalue weighted by atomic mass is 32.1. The van der Waals surface area contributed by atoms with Crippen molar-refractivity contribution in [2.24, 2.45) is 0 Å². The summed E-state index contributed by atoms with van der Waals surface area (Å²) < 4.78 is 0. The van der Waals surface area contributed by atoms with Crippen LogP contribution in [0.2, 0.25) is 0 Å². The molecule has 0 radical (unpaired) electrons. The Kier molecular flexibility index (Phi) is 5.89. The fourth-order valence-corrected chi connectivity index (χ4v) is 2.83. The number of benzene rings is 1. The van der Waals surface area contributed by atoms with E-state index in [0.717, 1.165) is 4.88 Å². The lowest BCUT2D eigenvalue weighted by atomic mass is 10.2. The number of nitrogens with zero attached hydrogens (tertiary/aromatic N) is 2. The van der Waals surface area contributed by atoms with E-state index in [9.17, 15) is 9.59 Å².